The maximum Gasteiger partial charge on any atom is 0.308 e. The van der Waals surface area contributed by atoms with Crippen LogP contribution in [0.15, 0.2) is 24.4 Å². The molecule has 0 aromatic carbocycles. The van der Waals surface area contributed by atoms with E-state index in [9.17, 15) is 4.79 Å². The van der Waals surface area contributed by atoms with Gasteiger partial charge in [0.15, 0.2) is 0 Å². The molecule has 118 valence electrons. The first kappa shape index (κ1) is 21.1. The van der Waals surface area contributed by atoms with E-state index in [1.54, 1.807) is 6.08 Å². The third-order valence-electron chi connectivity index (χ3n) is 2.36. The fourth-order valence-electron chi connectivity index (χ4n) is 1.63. The Morgan fingerprint density at radius 3 is 2.20 bits per heavy atom. The zero-order valence-corrected chi connectivity index (χ0v) is 14.5. The van der Waals surface area contributed by atoms with E-state index in [1.807, 2.05) is 47.6 Å². The molecule has 0 fully saturated rings. The van der Waals surface area contributed by atoms with Crippen LogP contribution in [0.5, 0.6) is 0 Å². The second kappa shape index (κ2) is 11.6. The number of nitrogens with zero attached hydrogens (tertiary/aromatic N) is 1. The van der Waals surface area contributed by atoms with Crippen LogP contribution < -0.4 is 0 Å². The summed E-state index contributed by atoms with van der Waals surface area (Å²) >= 11 is 0. The van der Waals surface area contributed by atoms with Gasteiger partial charge in [-0.05, 0) is 40.2 Å². The summed E-state index contributed by atoms with van der Waals surface area (Å²) in [6.45, 7) is 19.1. The van der Waals surface area contributed by atoms with Crippen LogP contribution in [0.2, 0.25) is 0 Å². The van der Waals surface area contributed by atoms with Gasteiger partial charge in [0.1, 0.15) is 5.60 Å². The first-order chi connectivity index (χ1) is 9.30. The molecular weight excluding hydrogens is 250 g/mol. The molecule has 0 amide bonds. The molecule has 0 heterocycles. The second-order valence-electron chi connectivity index (χ2n) is 5.37. The summed E-state index contributed by atoms with van der Waals surface area (Å²) in [5, 5.41) is 0. The smallest absolute Gasteiger partial charge is 0.308 e. The van der Waals surface area contributed by atoms with Gasteiger partial charge < -0.3 is 9.64 Å². The molecule has 0 aliphatic rings. The van der Waals surface area contributed by atoms with Gasteiger partial charge in [0.25, 0.3) is 0 Å². The normalized spacial score (nSPS) is 11.2. The van der Waals surface area contributed by atoms with E-state index < -0.39 is 5.60 Å². The Morgan fingerprint density at radius 1 is 1.25 bits per heavy atom. The van der Waals surface area contributed by atoms with Crippen molar-refractivity contribution in [2.24, 2.45) is 0 Å². The van der Waals surface area contributed by atoms with E-state index in [2.05, 4.69) is 18.4 Å². The molecule has 0 bridgehead atoms. The van der Waals surface area contributed by atoms with E-state index in [1.165, 1.54) is 0 Å². The third-order valence-corrected chi connectivity index (χ3v) is 2.36. The molecular formula is C17H33NO2. The molecule has 0 saturated heterocycles. The van der Waals surface area contributed by atoms with Crippen LogP contribution in [0, 0.1) is 0 Å². The molecule has 0 aromatic rings. The predicted octanol–water partition coefficient (Wildman–Crippen LogP) is 4.55. The standard InChI is InChI=1S/C15H27NO2.C2H6/c1-7-9-13(3)16(11-8-2)12-10-14(17)18-15(4,5)6;1-2/h7,9H,1,8,10-12H2,2-6H3;1-2H3/b13-9+;. The Hall–Kier alpha value is -1.25. The summed E-state index contributed by atoms with van der Waals surface area (Å²) in [5.41, 5.74) is 0.731. The highest BCUT2D eigenvalue weighted by Gasteiger charge is 2.16. The molecule has 0 radical (unpaired) electrons. The van der Waals surface area contributed by atoms with Crippen LogP contribution >= 0.6 is 0 Å². The van der Waals surface area contributed by atoms with Gasteiger partial charge in [-0.3, -0.25) is 4.79 Å². The minimum atomic E-state index is -0.404. The van der Waals surface area contributed by atoms with E-state index in [0.717, 1.165) is 18.7 Å². The lowest BCUT2D eigenvalue weighted by atomic mass is 10.2. The van der Waals surface area contributed by atoms with Crippen LogP contribution in [0.25, 0.3) is 0 Å². The lowest BCUT2D eigenvalue weighted by Crippen LogP contribution is -2.29. The maximum atomic E-state index is 11.7. The second-order valence-corrected chi connectivity index (χ2v) is 5.37. The summed E-state index contributed by atoms with van der Waals surface area (Å²) in [7, 11) is 0. The average Bonchev–Trinajstić information content (AvgIpc) is 2.35. The van der Waals surface area contributed by atoms with Gasteiger partial charge in [-0.15, -0.1) is 0 Å². The number of rotatable bonds is 7. The molecule has 0 rings (SSSR count). The zero-order valence-electron chi connectivity index (χ0n) is 14.5. The van der Waals surface area contributed by atoms with Crippen molar-refractivity contribution in [3.63, 3.8) is 0 Å². The zero-order chi connectivity index (χ0) is 16.2. The van der Waals surface area contributed by atoms with Crippen molar-refractivity contribution in [3.8, 4) is 0 Å². The number of hydrogen-bond acceptors (Lipinski definition) is 3. The van der Waals surface area contributed by atoms with Crippen molar-refractivity contribution >= 4 is 5.97 Å². The maximum absolute atomic E-state index is 11.7. The summed E-state index contributed by atoms with van der Waals surface area (Å²) in [5.74, 6) is -0.144. The van der Waals surface area contributed by atoms with Gasteiger partial charge in [-0.25, -0.2) is 0 Å². The first-order valence-corrected chi connectivity index (χ1v) is 7.56. The SMILES string of the molecule is C=C/C=C(\C)N(CCC)CCC(=O)OC(C)(C)C.CC. The number of carbonyl (C=O) groups is 1. The van der Waals surface area contributed by atoms with Crippen LogP contribution in [-0.2, 0) is 9.53 Å². The van der Waals surface area contributed by atoms with Crippen molar-refractivity contribution in [1.29, 1.82) is 0 Å². The minimum absolute atomic E-state index is 0.144. The molecule has 0 aliphatic heterocycles. The Bertz CT molecular complexity index is 301. The van der Waals surface area contributed by atoms with Crippen LogP contribution in [-0.4, -0.2) is 29.6 Å². The quantitative estimate of drug-likeness (QED) is 0.507. The molecule has 0 aliphatic carbocycles. The molecule has 0 saturated carbocycles. The lowest BCUT2D eigenvalue weighted by molar-refractivity contribution is -0.155. The molecule has 3 nitrogen and oxygen atoms in total. The summed E-state index contributed by atoms with van der Waals surface area (Å²) < 4.78 is 5.30. The fraction of sp³-hybridized carbons (Fsp3) is 0.706. The highest BCUT2D eigenvalue weighted by molar-refractivity contribution is 5.70. The van der Waals surface area contributed by atoms with E-state index in [0.29, 0.717) is 13.0 Å². The summed E-state index contributed by atoms with van der Waals surface area (Å²) in [6.07, 6.45) is 5.20. The molecule has 20 heavy (non-hydrogen) atoms. The summed E-state index contributed by atoms with van der Waals surface area (Å²) in [6, 6.07) is 0. The third kappa shape index (κ3) is 11.8. The molecule has 0 N–H and O–H groups in total. The van der Waals surface area contributed by atoms with Crippen LogP contribution in [0.3, 0.4) is 0 Å². The Morgan fingerprint density at radius 2 is 1.80 bits per heavy atom. The summed E-state index contributed by atoms with van der Waals surface area (Å²) in [4.78, 5) is 13.8. The fourth-order valence-corrected chi connectivity index (χ4v) is 1.63. The number of allylic oxidation sites excluding steroid dienone is 3. The van der Waals surface area contributed by atoms with E-state index in [4.69, 9.17) is 4.74 Å². The molecule has 0 spiro atoms. The Kier molecular flexibility index (Phi) is 12.2. The predicted molar refractivity (Wildman–Crippen MR) is 87.6 cm³/mol. The minimum Gasteiger partial charge on any atom is -0.460 e. The largest absolute Gasteiger partial charge is 0.460 e. The first-order valence-electron chi connectivity index (χ1n) is 7.56. The van der Waals surface area contributed by atoms with Crippen molar-refractivity contribution in [2.45, 2.75) is 66.9 Å². The van der Waals surface area contributed by atoms with Crippen molar-refractivity contribution < 1.29 is 9.53 Å². The van der Waals surface area contributed by atoms with Gasteiger partial charge in [0.05, 0.1) is 6.42 Å². The monoisotopic (exact) mass is 283 g/mol. The topological polar surface area (TPSA) is 29.5 Å². The molecule has 0 aromatic heterocycles. The lowest BCUT2D eigenvalue weighted by Gasteiger charge is -2.25. The highest BCUT2D eigenvalue weighted by atomic mass is 16.6. The van der Waals surface area contributed by atoms with Gasteiger partial charge in [-0.2, -0.15) is 0 Å². The van der Waals surface area contributed by atoms with Gasteiger partial charge in [0, 0.05) is 18.8 Å². The highest BCUT2D eigenvalue weighted by Crippen LogP contribution is 2.10. The number of hydrogen-bond donors (Lipinski definition) is 0. The van der Waals surface area contributed by atoms with Gasteiger partial charge in [-0.1, -0.05) is 33.4 Å². The Labute approximate surface area is 125 Å². The van der Waals surface area contributed by atoms with Gasteiger partial charge >= 0.3 is 5.97 Å². The number of carbonyl (C=O) groups excluding carboxylic acids is 1. The van der Waals surface area contributed by atoms with E-state index >= 15 is 0 Å². The Balaban J connectivity index is 0. The van der Waals surface area contributed by atoms with Crippen LogP contribution in [0.1, 0.15) is 61.3 Å². The molecule has 0 unspecified atom stereocenters. The van der Waals surface area contributed by atoms with Crippen molar-refractivity contribution in [3.05, 3.63) is 24.4 Å². The van der Waals surface area contributed by atoms with Crippen molar-refractivity contribution in [2.75, 3.05) is 13.1 Å². The average molecular weight is 283 g/mol. The molecule has 3 heteroatoms. The van der Waals surface area contributed by atoms with E-state index in [-0.39, 0.29) is 5.97 Å². The van der Waals surface area contributed by atoms with Crippen molar-refractivity contribution in [1.82, 2.24) is 4.90 Å². The van der Waals surface area contributed by atoms with Crippen LogP contribution in [0.4, 0.5) is 0 Å². The number of ether oxygens (including phenoxy) is 1. The number of esters is 1. The molecule has 0 atom stereocenters. The van der Waals surface area contributed by atoms with Gasteiger partial charge in [0.2, 0.25) is 0 Å².